The Morgan fingerprint density at radius 2 is 1.76 bits per heavy atom. The van der Waals surface area contributed by atoms with Crippen molar-refractivity contribution in [3.63, 3.8) is 0 Å². The molecule has 0 spiro atoms. The third kappa shape index (κ3) is 2.83. The molecule has 0 amide bonds. The smallest absolute Gasteiger partial charge is 0.277 e. The van der Waals surface area contributed by atoms with Crippen molar-refractivity contribution in [2.24, 2.45) is 5.41 Å². The summed E-state index contributed by atoms with van der Waals surface area (Å²) in [6.07, 6.45) is 4.64. The molecule has 1 atom stereocenters. The summed E-state index contributed by atoms with van der Waals surface area (Å²) in [5, 5.41) is 6.61. The zero-order valence-electron chi connectivity index (χ0n) is 16.4. The third-order valence-corrected chi connectivity index (χ3v) is 5.75. The van der Waals surface area contributed by atoms with Crippen LogP contribution in [0.1, 0.15) is 43.7 Å². The predicted octanol–water partition coefficient (Wildman–Crippen LogP) is 3.76. The van der Waals surface area contributed by atoms with Crippen LogP contribution < -0.4 is 10.9 Å². The average molecular weight is 386 g/mol. The van der Waals surface area contributed by atoms with E-state index in [9.17, 15) is 9.59 Å². The van der Waals surface area contributed by atoms with Crippen LogP contribution in [0.2, 0.25) is 0 Å². The number of benzene rings is 1. The maximum Gasteiger partial charge on any atom is 0.277 e. The second-order valence-electron chi connectivity index (χ2n) is 8.55. The van der Waals surface area contributed by atoms with Gasteiger partial charge in [-0.05, 0) is 41.7 Å². The first kappa shape index (κ1) is 17.7. The number of fused-ring (bicyclic) bond motifs is 1. The molecule has 3 heterocycles. The molecule has 1 aliphatic heterocycles. The highest BCUT2D eigenvalue weighted by atomic mass is 16.1. The molecule has 1 aromatic carbocycles. The van der Waals surface area contributed by atoms with Crippen molar-refractivity contribution in [2.45, 2.75) is 32.6 Å². The van der Waals surface area contributed by atoms with E-state index in [1.54, 1.807) is 17.1 Å². The number of carbonyl (C=O) groups is 1. The molecule has 0 bridgehead atoms. The van der Waals surface area contributed by atoms with Crippen molar-refractivity contribution in [1.82, 2.24) is 14.8 Å². The molecule has 2 N–H and O–H groups in total. The zero-order valence-corrected chi connectivity index (χ0v) is 16.4. The van der Waals surface area contributed by atoms with Gasteiger partial charge < -0.3 is 5.32 Å². The predicted molar refractivity (Wildman–Crippen MR) is 111 cm³/mol. The van der Waals surface area contributed by atoms with Gasteiger partial charge in [0.25, 0.3) is 5.56 Å². The number of allylic oxidation sites excluding steroid dienone is 2. The van der Waals surface area contributed by atoms with Crippen LogP contribution in [0.4, 0.5) is 5.82 Å². The lowest BCUT2D eigenvalue weighted by atomic mass is 9.69. The molecule has 2 aromatic heterocycles. The topological polar surface area (TPSA) is 79.8 Å². The monoisotopic (exact) mass is 386 g/mol. The molecule has 146 valence electrons. The van der Waals surface area contributed by atoms with E-state index in [2.05, 4.69) is 29.2 Å². The van der Waals surface area contributed by atoms with Gasteiger partial charge in [-0.15, -0.1) is 0 Å². The van der Waals surface area contributed by atoms with Crippen LogP contribution in [0.5, 0.6) is 0 Å². The third-order valence-electron chi connectivity index (χ3n) is 5.75. The SMILES string of the molecule is CC1(C)CC(=O)C2=C(C1)Nc1[nH]n(-c3ccccc3)c(=O)c1C2c1ccncc1. The summed E-state index contributed by atoms with van der Waals surface area (Å²) in [5.41, 5.74) is 3.58. The van der Waals surface area contributed by atoms with Gasteiger partial charge in [0.15, 0.2) is 5.78 Å². The Bertz CT molecular complexity index is 1190. The lowest BCUT2D eigenvalue weighted by Gasteiger charge is -2.37. The van der Waals surface area contributed by atoms with E-state index in [0.717, 1.165) is 23.4 Å². The Hall–Kier alpha value is -3.41. The van der Waals surface area contributed by atoms with Crippen molar-refractivity contribution >= 4 is 11.6 Å². The highest BCUT2D eigenvalue weighted by Crippen LogP contribution is 2.47. The van der Waals surface area contributed by atoms with Gasteiger partial charge in [0.2, 0.25) is 0 Å². The van der Waals surface area contributed by atoms with E-state index >= 15 is 0 Å². The first-order chi connectivity index (χ1) is 13.9. The fourth-order valence-electron chi connectivity index (χ4n) is 4.54. The molecule has 6 nitrogen and oxygen atoms in total. The van der Waals surface area contributed by atoms with Gasteiger partial charge >= 0.3 is 0 Å². The van der Waals surface area contributed by atoms with Crippen molar-refractivity contribution in [1.29, 1.82) is 0 Å². The molecule has 3 aromatic rings. The standard InChI is InChI=1S/C23H22N4O2/c1-23(2)12-16-19(17(28)13-23)18(14-8-10-24-11-9-14)20-21(25-16)26-27(22(20)29)15-6-4-3-5-7-15/h3-11,18,25-26H,12-13H2,1-2H3. The number of nitrogens with one attached hydrogen (secondary N) is 2. The molecule has 0 saturated carbocycles. The number of hydrogen-bond donors (Lipinski definition) is 2. The summed E-state index contributed by atoms with van der Waals surface area (Å²) in [4.78, 5) is 30.8. The lowest BCUT2D eigenvalue weighted by molar-refractivity contribution is -0.118. The molecule has 0 saturated heterocycles. The maximum atomic E-state index is 13.4. The number of hydrogen-bond acceptors (Lipinski definition) is 4. The van der Waals surface area contributed by atoms with Crippen LogP contribution >= 0.6 is 0 Å². The van der Waals surface area contributed by atoms with E-state index in [1.807, 2.05) is 42.5 Å². The summed E-state index contributed by atoms with van der Waals surface area (Å²) >= 11 is 0. The highest BCUT2D eigenvalue weighted by molar-refractivity contribution is 6.01. The number of rotatable bonds is 2. The van der Waals surface area contributed by atoms with Crippen LogP contribution in [-0.2, 0) is 4.79 Å². The van der Waals surface area contributed by atoms with Crippen molar-refractivity contribution in [3.05, 3.63) is 87.6 Å². The van der Waals surface area contributed by atoms with Crippen molar-refractivity contribution < 1.29 is 4.79 Å². The summed E-state index contributed by atoms with van der Waals surface area (Å²) in [6.45, 7) is 4.20. The number of Topliss-reactive ketones (excluding diaryl/α,β-unsaturated/α-hetero) is 1. The molecular weight excluding hydrogens is 364 g/mol. The molecule has 0 radical (unpaired) electrons. The number of para-hydroxylation sites is 1. The maximum absolute atomic E-state index is 13.4. The number of carbonyl (C=O) groups excluding carboxylic acids is 1. The molecule has 1 aliphatic carbocycles. The van der Waals surface area contributed by atoms with Crippen LogP contribution in [-0.4, -0.2) is 20.5 Å². The minimum Gasteiger partial charge on any atom is -0.343 e. The van der Waals surface area contributed by atoms with E-state index in [-0.39, 0.29) is 16.8 Å². The van der Waals surface area contributed by atoms with Crippen molar-refractivity contribution in [2.75, 3.05) is 5.32 Å². The van der Waals surface area contributed by atoms with Crippen molar-refractivity contribution in [3.8, 4) is 5.69 Å². The molecule has 6 heteroatoms. The van der Waals surface area contributed by atoms with E-state index in [4.69, 9.17) is 0 Å². The number of nitrogens with zero attached hydrogens (tertiary/aromatic N) is 2. The van der Waals surface area contributed by atoms with Crippen LogP contribution in [0.3, 0.4) is 0 Å². The second-order valence-corrected chi connectivity index (χ2v) is 8.55. The van der Waals surface area contributed by atoms with Gasteiger partial charge in [0.05, 0.1) is 11.3 Å². The minimum absolute atomic E-state index is 0.100. The zero-order chi connectivity index (χ0) is 20.2. The Balaban J connectivity index is 1.75. The Morgan fingerprint density at radius 3 is 2.48 bits per heavy atom. The normalized spacial score (nSPS) is 20.1. The number of pyridine rings is 1. The number of aromatic amines is 1. The number of anilines is 1. The summed E-state index contributed by atoms with van der Waals surface area (Å²) < 4.78 is 1.54. The molecular formula is C23H22N4O2. The van der Waals surface area contributed by atoms with Gasteiger partial charge in [-0.25, -0.2) is 4.68 Å². The minimum atomic E-state index is -0.401. The first-order valence-corrected chi connectivity index (χ1v) is 9.78. The van der Waals surface area contributed by atoms with Gasteiger partial charge in [-0.3, -0.25) is 19.7 Å². The fourth-order valence-corrected chi connectivity index (χ4v) is 4.54. The number of H-pyrrole nitrogens is 1. The molecule has 1 unspecified atom stereocenters. The number of aromatic nitrogens is 3. The molecule has 5 rings (SSSR count). The van der Waals surface area contributed by atoms with Gasteiger partial charge in [0.1, 0.15) is 5.82 Å². The Kier molecular flexibility index (Phi) is 3.84. The van der Waals surface area contributed by atoms with E-state index in [0.29, 0.717) is 23.4 Å². The molecule has 29 heavy (non-hydrogen) atoms. The van der Waals surface area contributed by atoms with E-state index < -0.39 is 5.92 Å². The Labute approximate surface area is 168 Å². The van der Waals surface area contributed by atoms with Gasteiger partial charge in [0, 0.05) is 36.0 Å². The fraction of sp³-hybridized carbons (Fsp3) is 0.261. The largest absolute Gasteiger partial charge is 0.343 e. The summed E-state index contributed by atoms with van der Waals surface area (Å²) in [7, 11) is 0. The average Bonchev–Trinajstić information content (AvgIpc) is 3.03. The van der Waals surface area contributed by atoms with E-state index in [1.165, 1.54) is 0 Å². The summed E-state index contributed by atoms with van der Waals surface area (Å²) in [5.74, 6) is 0.356. The lowest BCUT2D eigenvalue weighted by Crippen LogP contribution is -2.35. The van der Waals surface area contributed by atoms with Crippen LogP contribution in [0.25, 0.3) is 5.69 Å². The second kappa shape index (κ2) is 6.30. The first-order valence-electron chi connectivity index (χ1n) is 9.78. The van der Waals surface area contributed by atoms with Gasteiger partial charge in [-0.1, -0.05) is 32.0 Å². The van der Waals surface area contributed by atoms with Crippen LogP contribution in [0.15, 0.2) is 70.9 Å². The molecule has 2 aliphatic rings. The highest BCUT2D eigenvalue weighted by Gasteiger charge is 2.42. The molecule has 0 fully saturated rings. The summed E-state index contributed by atoms with van der Waals surface area (Å²) in [6, 6.07) is 13.2. The van der Waals surface area contributed by atoms with Gasteiger partial charge in [-0.2, -0.15) is 0 Å². The quantitative estimate of drug-likeness (QED) is 0.703. The van der Waals surface area contributed by atoms with Crippen LogP contribution in [0, 0.1) is 5.41 Å². The Morgan fingerprint density at radius 1 is 1.03 bits per heavy atom. The number of ketones is 1.